The predicted molar refractivity (Wildman–Crippen MR) is 320 cm³/mol. The Kier molecular flexibility index (Phi) is 52.8. The van der Waals surface area contributed by atoms with Gasteiger partial charge < -0.3 is 45.1 Å². The molecule has 1 heterocycles. The maximum Gasteiger partial charge on any atom is 0.305 e. The van der Waals surface area contributed by atoms with E-state index in [9.17, 15) is 35.1 Å². The summed E-state index contributed by atoms with van der Waals surface area (Å²) < 4.78 is 16.7. The fourth-order valence-electron chi connectivity index (χ4n) is 10.2. The summed E-state index contributed by atoms with van der Waals surface area (Å²) in [5, 5.41) is 54.2. The first-order valence-electron chi connectivity index (χ1n) is 32.8. The number of carbonyl (C=O) groups excluding carboxylic acids is 2. The third-order valence-corrected chi connectivity index (χ3v) is 15.5. The minimum atomic E-state index is -1.57. The highest BCUT2D eigenvalue weighted by Gasteiger charge is 2.44. The predicted octanol–water partition coefficient (Wildman–Crippen LogP) is 15.8. The standard InChI is InChI=1S/C66H123NO10/c1-3-5-7-9-11-13-14-15-31-34-38-42-46-50-54-62(71)75-55-51-47-43-39-35-32-29-27-25-23-21-19-17-16-18-20-22-24-26-28-30-33-37-41-45-49-53-61(70)67-58(59(69)52-48-44-40-36-12-10-8-6-4-2)57-76-66-65(74)64(73)63(72)60(56-68)77-66/h14-16,18,48,52,58-60,63-66,68-69,72-74H,3-13,17,19-47,49-51,53-57H2,1-2H3,(H,67,70)/b15-14-,18-16-,52-48+. The first-order valence-corrected chi connectivity index (χ1v) is 32.8. The molecule has 11 heteroatoms. The molecule has 0 aromatic carbocycles. The monoisotopic (exact) mass is 1090 g/mol. The first kappa shape index (κ1) is 72.9. The Hall–Kier alpha value is -2.12. The van der Waals surface area contributed by atoms with Crippen molar-refractivity contribution in [3.05, 3.63) is 36.5 Å². The second-order valence-electron chi connectivity index (χ2n) is 22.8. The van der Waals surface area contributed by atoms with E-state index in [1.54, 1.807) is 6.08 Å². The molecule has 0 aromatic rings. The lowest BCUT2D eigenvalue weighted by atomic mass is 9.99. The van der Waals surface area contributed by atoms with Gasteiger partial charge in [0.25, 0.3) is 0 Å². The Balaban J connectivity index is 1.96. The Morgan fingerprint density at radius 2 is 0.831 bits per heavy atom. The molecule has 7 atom stereocenters. The molecule has 1 amide bonds. The number of nitrogens with one attached hydrogen (secondary N) is 1. The van der Waals surface area contributed by atoms with Gasteiger partial charge in [0.05, 0.1) is 32.0 Å². The fraction of sp³-hybridized carbons (Fsp3) is 0.879. The minimum Gasteiger partial charge on any atom is -0.466 e. The van der Waals surface area contributed by atoms with Crippen molar-refractivity contribution in [2.75, 3.05) is 19.8 Å². The number of allylic oxidation sites excluding steroid dienone is 5. The number of unbranched alkanes of at least 4 members (excludes halogenated alkanes) is 39. The topological polar surface area (TPSA) is 175 Å². The van der Waals surface area contributed by atoms with Crippen molar-refractivity contribution >= 4 is 11.9 Å². The Labute approximate surface area is 473 Å². The zero-order valence-corrected chi connectivity index (χ0v) is 49.9. The summed E-state index contributed by atoms with van der Waals surface area (Å²) in [7, 11) is 0. The van der Waals surface area contributed by atoms with Crippen LogP contribution in [0.3, 0.4) is 0 Å². The number of amides is 1. The van der Waals surface area contributed by atoms with Gasteiger partial charge in [0.1, 0.15) is 24.4 Å². The van der Waals surface area contributed by atoms with E-state index in [-0.39, 0.29) is 18.5 Å². The molecule has 1 rings (SSSR count). The molecule has 11 nitrogen and oxygen atoms in total. The number of esters is 1. The van der Waals surface area contributed by atoms with Gasteiger partial charge in [-0.05, 0) is 83.5 Å². The van der Waals surface area contributed by atoms with Gasteiger partial charge in [-0.15, -0.1) is 0 Å². The number of carbonyl (C=O) groups is 2. The molecule has 0 aromatic heterocycles. The summed E-state index contributed by atoms with van der Waals surface area (Å²) in [6, 6.07) is -0.810. The number of hydrogen-bond acceptors (Lipinski definition) is 10. The van der Waals surface area contributed by atoms with Crippen LogP contribution in [0, 0.1) is 0 Å². The zero-order valence-electron chi connectivity index (χ0n) is 49.9. The van der Waals surface area contributed by atoms with Crippen molar-refractivity contribution < 1.29 is 49.3 Å². The number of aliphatic hydroxyl groups excluding tert-OH is 5. The molecule has 0 radical (unpaired) electrons. The maximum absolute atomic E-state index is 13.0. The van der Waals surface area contributed by atoms with Crippen LogP contribution in [0.2, 0.25) is 0 Å². The van der Waals surface area contributed by atoms with Crippen LogP contribution >= 0.6 is 0 Å². The molecule has 1 saturated heterocycles. The molecule has 1 aliphatic heterocycles. The smallest absolute Gasteiger partial charge is 0.305 e. The summed E-state index contributed by atoms with van der Waals surface area (Å²) >= 11 is 0. The summed E-state index contributed by atoms with van der Waals surface area (Å²) in [5.41, 5.74) is 0. The van der Waals surface area contributed by atoms with E-state index in [0.29, 0.717) is 19.4 Å². The fourth-order valence-corrected chi connectivity index (χ4v) is 10.2. The van der Waals surface area contributed by atoms with Gasteiger partial charge >= 0.3 is 5.97 Å². The van der Waals surface area contributed by atoms with Gasteiger partial charge in [-0.25, -0.2) is 0 Å². The Bertz CT molecular complexity index is 1370. The quantitative estimate of drug-likeness (QED) is 0.0195. The second-order valence-corrected chi connectivity index (χ2v) is 22.8. The van der Waals surface area contributed by atoms with Gasteiger partial charge in [0.2, 0.25) is 5.91 Å². The number of ether oxygens (including phenoxy) is 3. The van der Waals surface area contributed by atoms with Gasteiger partial charge in [-0.2, -0.15) is 0 Å². The van der Waals surface area contributed by atoms with Gasteiger partial charge in [-0.1, -0.05) is 249 Å². The van der Waals surface area contributed by atoms with Crippen LogP contribution in [-0.2, 0) is 23.8 Å². The third-order valence-electron chi connectivity index (χ3n) is 15.5. The van der Waals surface area contributed by atoms with Gasteiger partial charge in [0.15, 0.2) is 6.29 Å². The largest absolute Gasteiger partial charge is 0.466 e. The Morgan fingerprint density at radius 3 is 1.25 bits per heavy atom. The highest BCUT2D eigenvalue weighted by atomic mass is 16.7. The highest BCUT2D eigenvalue weighted by Crippen LogP contribution is 2.23. The van der Waals surface area contributed by atoms with Crippen LogP contribution in [0.15, 0.2) is 36.5 Å². The average molecular weight is 1090 g/mol. The maximum atomic E-state index is 13.0. The molecule has 0 bridgehead atoms. The van der Waals surface area contributed by atoms with Crippen molar-refractivity contribution in [2.24, 2.45) is 0 Å². The third kappa shape index (κ3) is 45.2. The van der Waals surface area contributed by atoms with Crippen LogP contribution in [-0.4, -0.2) is 100 Å². The van der Waals surface area contributed by atoms with Gasteiger partial charge in [0, 0.05) is 12.8 Å². The molecule has 0 saturated carbocycles. The molecule has 7 unspecified atom stereocenters. The molecule has 452 valence electrons. The second kappa shape index (κ2) is 55.8. The first-order chi connectivity index (χ1) is 37.7. The SMILES string of the molecule is CCCCCCC/C=C\CCCCCCCC(=O)OCCCCCCCCCCCCCC/C=C\CCCCCCCCCCCCC(=O)NC(COC1OC(CO)C(O)C(O)C1O)C(O)/C=C/CCCCCCCCC. The van der Waals surface area contributed by atoms with E-state index >= 15 is 0 Å². The van der Waals surface area contributed by atoms with Crippen LogP contribution in [0.4, 0.5) is 0 Å². The van der Waals surface area contributed by atoms with Crippen molar-refractivity contribution in [3.63, 3.8) is 0 Å². The molecule has 0 aliphatic carbocycles. The van der Waals surface area contributed by atoms with Crippen molar-refractivity contribution in [1.29, 1.82) is 0 Å². The van der Waals surface area contributed by atoms with Crippen molar-refractivity contribution in [1.82, 2.24) is 5.32 Å². The lowest BCUT2D eigenvalue weighted by Gasteiger charge is -2.40. The molecule has 1 aliphatic rings. The molecular weight excluding hydrogens is 967 g/mol. The molecular formula is C66H123NO10. The summed E-state index contributed by atoms with van der Waals surface area (Å²) in [6.07, 6.45) is 59.9. The van der Waals surface area contributed by atoms with E-state index in [1.807, 2.05) is 6.08 Å². The van der Waals surface area contributed by atoms with Crippen LogP contribution in [0.5, 0.6) is 0 Å². The van der Waals surface area contributed by atoms with E-state index in [0.717, 1.165) is 57.8 Å². The van der Waals surface area contributed by atoms with Crippen LogP contribution in [0.1, 0.15) is 309 Å². The van der Waals surface area contributed by atoms with E-state index in [2.05, 4.69) is 43.5 Å². The van der Waals surface area contributed by atoms with Gasteiger partial charge in [-0.3, -0.25) is 9.59 Å². The number of hydrogen-bond donors (Lipinski definition) is 6. The minimum absolute atomic E-state index is 0.00436. The average Bonchev–Trinajstić information content (AvgIpc) is 3.43. The van der Waals surface area contributed by atoms with E-state index < -0.39 is 49.5 Å². The lowest BCUT2D eigenvalue weighted by molar-refractivity contribution is -0.302. The summed E-state index contributed by atoms with van der Waals surface area (Å²) in [4.78, 5) is 25.1. The van der Waals surface area contributed by atoms with E-state index in [4.69, 9.17) is 14.2 Å². The lowest BCUT2D eigenvalue weighted by Crippen LogP contribution is -2.60. The molecule has 77 heavy (non-hydrogen) atoms. The molecule has 0 spiro atoms. The Morgan fingerprint density at radius 1 is 0.468 bits per heavy atom. The summed E-state index contributed by atoms with van der Waals surface area (Å²) in [6.45, 7) is 4.32. The normalized spacial score (nSPS) is 18.8. The number of rotatable bonds is 57. The van der Waals surface area contributed by atoms with E-state index in [1.165, 1.54) is 225 Å². The molecule has 1 fully saturated rings. The van der Waals surface area contributed by atoms with Crippen molar-refractivity contribution in [3.8, 4) is 0 Å². The zero-order chi connectivity index (χ0) is 55.9. The highest BCUT2D eigenvalue weighted by molar-refractivity contribution is 5.76. The number of aliphatic hydroxyl groups is 5. The molecule has 6 N–H and O–H groups in total. The van der Waals surface area contributed by atoms with Crippen molar-refractivity contribution in [2.45, 2.75) is 352 Å². The van der Waals surface area contributed by atoms with Crippen LogP contribution in [0.25, 0.3) is 0 Å². The van der Waals surface area contributed by atoms with Crippen LogP contribution < -0.4 is 5.32 Å². The summed E-state index contributed by atoms with van der Waals surface area (Å²) in [5.74, 6) is -0.190.